The average Bonchev–Trinajstić information content (AvgIpc) is 2.65. The van der Waals surface area contributed by atoms with Crippen LogP contribution in [0, 0.1) is 0 Å². The Balaban J connectivity index is 2.39. The van der Waals surface area contributed by atoms with Crippen LogP contribution in [-0.4, -0.2) is 63.0 Å². The van der Waals surface area contributed by atoms with Crippen LogP contribution in [0.4, 0.5) is 0 Å². The highest BCUT2D eigenvalue weighted by molar-refractivity contribution is 5.02. The van der Waals surface area contributed by atoms with E-state index in [9.17, 15) is 24.9 Å². The van der Waals surface area contributed by atoms with Crippen molar-refractivity contribution in [2.45, 2.75) is 24.0 Å². The van der Waals surface area contributed by atoms with E-state index in [1.807, 2.05) is 4.98 Å². The van der Waals surface area contributed by atoms with Crippen molar-refractivity contribution in [1.29, 1.82) is 0 Å². The zero-order chi connectivity index (χ0) is 14.9. The number of hydrogen-bond acceptors (Lipinski definition) is 7. The summed E-state index contributed by atoms with van der Waals surface area (Å²) in [5.41, 5.74) is -2.92. The molecule has 0 aliphatic carbocycles. The van der Waals surface area contributed by atoms with E-state index < -0.39 is 41.9 Å². The van der Waals surface area contributed by atoms with Crippen LogP contribution in [0.3, 0.4) is 0 Å². The van der Waals surface area contributed by atoms with Gasteiger partial charge in [-0.1, -0.05) is 0 Å². The van der Waals surface area contributed by atoms with Crippen LogP contribution in [0.25, 0.3) is 0 Å². The number of aromatic nitrogens is 2. The van der Waals surface area contributed by atoms with Gasteiger partial charge >= 0.3 is 5.69 Å². The first-order chi connectivity index (χ1) is 9.45. The topological polar surface area (TPSA) is 134 Å². The summed E-state index contributed by atoms with van der Waals surface area (Å²) in [5, 5.41) is 29.4. The molecule has 0 amide bonds. The SMILES string of the molecule is COC[C@]1(CO)O[C@@H](n2ccc(=O)[nH]c2=O)C(O)C1O. The number of aromatic amines is 1. The van der Waals surface area contributed by atoms with E-state index in [1.54, 1.807) is 0 Å². The third-order valence-electron chi connectivity index (χ3n) is 3.29. The van der Waals surface area contributed by atoms with Crippen LogP contribution in [0.2, 0.25) is 0 Å². The second-order valence-electron chi connectivity index (χ2n) is 4.62. The lowest BCUT2D eigenvalue weighted by Crippen LogP contribution is -2.49. The van der Waals surface area contributed by atoms with Crippen molar-refractivity contribution in [3.8, 4) is 0 Å². The number of hydrogen-bond donors (Lipinski definition) is 4. The van der Waals surface area contributed by atoms with Gasteiger partial charge in [-0.25, -0.2) is 4.79 Å². The normalized spacial score (nSPS) is 33.5. The minimum Gasteiger partial charge on any atom is -0.393 e. The lowest BCUT2D eigenvalue weighted by Gasteiger charge is -2.28. The predicted octanol–water partition coefficient (Wildman–Crippen LogP) is -2.84. The molecule has 1 fully saturated rings. The lowest BCUT2D eigenvalue weighted by atomic mass is 9.97. The standard InChI is InChI=1S/C11H16N2O7/c1-19-5-11(4-14)8(17)7(16)9(20-11)13-3-2-6(15)12-10(13)18/h2-3,7-9,14,16-17H,4-5H2,1H3,(H,12,15,18)/t7?,8?,9-,11+/m1/s1. The van der Waals surface area contributed by atoms with Gasteiger partial charge in [-0.2, -0.15) is 0 Å². The van der Waals surface area contributed by atoms with Gasteiger partial charge in [-0.3, -0.25) is 14.3 Å². The maximum absolute atomic E-state index is 11.7. The van der Waals surface area contributed by atoms with Crippen molar-refractivity contribution in [1.82, 2.24) is 9.55 Å². The molecule has 2 heterocycles. The molecule has 1 aliphatic heterocycles. The molecule has 1 saturated heterocycles. The number of ether oxygens (including phenoxy) is 2. The smallest absolute Gasteiger partial charge is 0.330 e. The zero-order valence-electron chi connectivity index (χ0n) is 10.7. The summed E-state index contributed by atoms with van der Waals surface area (Å²) in [6.45, 7) is -0.774. The Kier molecular flexibility index (Phi) is 4.06. The Bertz CT molecular complexity index is 583. The zero-order valence-corrected chi connectivity index (χ0v) is 10.7. The van der Waals surface area contributed by atoms with Gasteiger partial charge in [0.15, 0.2) is 6.23 Å². The third kappa shape index (κ3) is 2.30. The van der Waals surface area contributed by atoms with Gasteiger partial charge in [0.1, 0.15) is 17.8 Å². The molecular formula is C11H16N2O7. The molecule has 0 saturated carbocycles. The summed E-state index contributed by atoms with van der Waals surface area (Å²) in [4.78, 5) is 24.7. The van der Waals surface area contributed by atoms with E-state index in [2.05, 4.69) is 0 Å². The molecule has 9 nitrogen and oxygen atoms in total. The van der Waals surface area contributed by atoms with E-state index in [0.717, 1.165) is 16.8 Å². The second-order valence-corrected chi connectivity index (χ2v) is 4.62. The number of aliphatic hydroxyl groups is 3. The van der Waals surface area contributed by atoms with Gasteiger partial charge in [0, 0.05) is 19.4 Å². The van der Waals surface area contributed by atoms with Crippen LogP contribution >= 0.6 is 0 Å². The van der Waals surface area contributed by atoms with E-state index in [0.29, 0.717) is 0 Å². The van der Waals surface area contributed by atoms with Crippen LogP contribution in [0.5, 0.6) is 0 Å². The van der Waals surface area contributed by atoms with Crippen LogP contribution in [0.1, 0.15) is 6.23 Å². The molecule has 2 rings (SSSR count). The van der Waals surface area contributed by atoms with Crippen molar-refractivity contribution in [3.05, 3.63) is 33.1 Å². The van der Waals surface area contributed by atoms with Crippen molar-refractivity contribution < 1.29 is 24.8 Å². The molecular weight excluding hydrogens is 272 g/mol. The minimum atomic E-state index is -1.53. The van der Waals surface area contributed by atoms with Gasteiger partial charge in [0.05, 0.1) is 13.2 Å². The van der Waals surface area contributed by atoms with E-state index in [4.69, 9.17) is 9.47 Å². The molecule has 0 aromatic carbocycles. The van der Waals surface area contributed by atoms with Crippen LogP contribution < -0.4 is 11.2 Å². The fourth-order valence-corrected chi connectivity index (χ4v) is 2.24. The molecule has 1 aliphatic rings. The predicted molar refractivity (Wildman–Crippen MR) is 65.2 cm³/mol. The average molecular weight is 288 g/mol. The minimum absolute atomic E-state index is 0.170. The molecule has 2 unspecified atom stereocenters. The quantitative estimate of drug-likeness (QED) is 0.469. The molecule has 0 spiro atoms. The highest BCUT2D eigenvalue weighted by Gasteiger charge is 2.55. The number of methoxy groups -OCH3 is 1. The molecule has 9 heteroatoms. The maximum Gasteiger partial charge on any atom is 0.330 e. The van der Waals surface area contributed by atoms with Gasteiger partial charge in [-0.15, -0.1) is 0 Å². The fourth-order valence-electron chi connectivity index (χ4n) is 2.24. The monoisotopic (exact) mass is 288 g/mol. The third-order valence-corrected chi connectivity index (χ3v) is 3.29. The van der Waals surface area contributed by atoms with Crippen molar-refractivity contribution in [3.63, 3.8) is 0 Å². The summed E-state index contributed by atoms with van der Waals surface area (Å²) >= 11 is 0. The first-order valence-corrected chi connectivity index (χ1v) is 5.90. The Labute approximate surface area is 113 Å². The largest absolute Gasteiger partial charge is 0.393 e. The molecule has 0 bridgehead atoms. The molecule has 0 radical (unpaired) electrons. The Morgan fingerprint density at radius 2 is 2.20 bits per heavy atom. The molecule has 112 valence electrons. The van der Waals surface area contributed by atoms with E-state index >= 15 is 0 Å². The summed E-state index contributed by atoms with van der Waals surface area (Å²) in [6.07, 6.45) is -3.00. The molecule has 1 aromatic heterocycles. The number of aliphatic hydroxyl groups excluding tert-OH is 3. The summed E-state index contributed by atoms with van der Waals surface area (Å²) < 4.78 is 11.2. The second kappa shape index (κ2) is 5.46. The van der Waals surface area contributed by atoms with Crippen molar-refractivity contribution in [2.75, 3.05) is 20.3 Å². The molecule has 20 heavy (non-hydrogen) atoms. The van der Waals surface area contributed by atoms with Crippen molar-refractivity contribution >= 4 is 0 Å². The van der Waals surface area contributed by atoms with Crippen LogP contribution in [0.15, 0.2) is 21.9 Å². The van der Waals surface area contributed by atoms with Gasteiger partial charge in [0.2, 0.25) is 0 Å². The van der Waals surface area contributed by atoms with Gasteiger partial charge < -0.3 is 24.8 Å². The first-order valence-electron chi connectivity index (χ1n) is 5.90. The highest BCUT2D eigenvalue weighted by Crippen LogP contribution is 2.36. The van der Waals surface area contributed by atoms with E-state index in [1.165, 1.54) is 7.11 Å². The van der Waals surface area contributed by atoms with Gasteiger partial charge in [-0.05, 0) is 0 Å². The maximum atomic E-state index is 11.7. The Hall–Kier alpha value is -1.52. The fraction of sp³-hybridized carbons (Fsp3) is 0.636. The summed E-state index contributed by atoms with van der Waals surface area (Å²) in [5.74, 6) is 0. The van der Waals surface area contributed by atoms with E-state index in [-0.39, 0.29) is 6.61 Å². The highest BCUT2D eigenvalue weighted by atomic mass is 16.6. The Morgan fingerprint density at radius 1 is 1.50 bits per heavy atom. The number of H-pyrrole nitrogens is 1. The van der Waals surface area contributed by atoms with Gasteiger partial charge in [0.25, 0.3) is 5.56 Å². The Morgan fingerprint density at radius 3 is 2.75 bits per heavy atom. The summed E-state index contributed by atoms with van der Waals surface area (Å²) in [6, 6.07) is 1.08. The van der Waals surface area contributed by atoms with Crippen molar-refractivity contribution in [2.24, 2.45) is 0 Å². The number of rotatable bonds is 4. The lowest BCUT2D eigenvalue weighted by molar-refractivity contribution is -0.156. The number of nitrogens with one attached hydrogen (secondary N) is 1. The van der Waals surface area contributed by atoms with Crippen LogP contribution in [-0.2, 0) is 9.47 Å². The molecule has 4 atom stereocenters. The number of nitrogens with zero attached hydrogens (tertiary/aromatic N) is 1. The summed E-state index contributed by atoms with van der Waals surface area (Å²) in [7, 11) is 1.35. The first kappa shape index (κ1) is 14.9. The molecule has 4 N–H and O–H groups in total. The molecule has 1 aromatic rings.